The molecule has 0 bridgehead atoms. The molecule has 3 aromatic rings. The third-order valence-corrected chi connectivity index (χ3v) is 4.26. The Morgan fingerprint density at radius 1 is 1.29 bits per heavy atom. The van der Waals surface area contributed by atoms with Crippen molar-refractivity contribution >= 4 is 35.0 Å². The van der Waals surface area contributed by atoms with Crippen LogP contribution in [-0.2, 0) is 0 Å². The van der Waals surface area contributed by atoms with Gasteiger partial charge in [-0.2, -0.15) is 0 Å². The number of hydrogen-bond acceptors (Lipinski definition) is 5. The fourth-order valence-corrected chi connectivity index (χ4v) is 2.98. The predicted octanol–water partition coefficient (Wildman–Crippen LogP) is 4.62. The number of imidazole rings is 1. The van der Waals surface area contributed by atoms with Crippen molar-refractivity contribution < 1.29 is 4.42 Å². The normalized spacial score (nSPS) is 12.5. The first-order chi connectivity index (χ1) is 10.1. The molecule has 1 N–H and O–H groups in total. The molecule has 1 atom stereocenters. The Bertz CT molecular complexity index is 744. The van der Waals surface area contributed by atoms with Crippen molar-refractivity contribution in [3.63, 3.8) is 0 Å². The Balaban J connectivity index is 1.82. The smallest absolute Gasteiger partial charge is 0.249 e. The Morgan fingerprint density at radius 2 is 2.14 bits per heavy atom. The van der Waals surface area contributed by atoms with Gasteiger partial charge in [-0.25, -0.2) is 4.98 Å². The van der Waals surface area contributed by atoms with Crippen molar-refractivity contribution in [2.75, 3.05) is 0 Å². The summed E-state index contributed by atoms with van der Waals surface area (Å²) >= 11 is 13.5. The quantitative estimate of drug-likeness (QED) is 0.701. The van der Waals surface area contributed by atoms with Gasteiger partial charge in [0.15, 0.2) is 5.16 Å². The van der Waals surface area contributed by atoms with Crippen molar-refractivity contribution in [1.29, 1.82) is 0 Å². The maximum absolute atomic E-state index is 6.14. The first-order valence-electron chi connectivity index (χ1n) is 6.08. The summed E-state index contributed by atoms with van der Waals surface area (Å²) in [6.45, 7) is 1.97. The highest BCUT2D eigenvalue weighted by Gasteiger charge is 2.18. The second kappa shape index (κ2) is 6.09. The minimum Gasteiger partial charge on any atom is -0.419 e. The Labute approximate surface area is 135 Å². The van der Waals surface area contributed by atoms with Crippen LogP contribution in [0, 0.1) is 0 Å². The fourth-order valence-electron chi connectivity index (χ4n) is 1.70. The lowest BCUT2D eigenvalue weighted by molar-refractivity contribution is 0.509. The van der Waals surface area contributed by atoms with E-state index in [2.05, 4.69) is 20.2 Å². The Hall–Kier alpha value is -1.50. The van der Waals surface area contributed by atoms with Crippen LogP contribution in [0.5, 0.6) is 0 Å². The molecule has 0 saturated heterocycles. The largest absolute Gasteiger partial charge is 0.419 e. The van der Waals surface area contributed by atoms with Gasteiger partial charge in [-0.1, -0.05) is 35.0 Å². The van der Waals surface area contributed by atoms with E-state index >= 15 is 0 Å². The lowest BCUT2D eigenvalue weighted by Gasteiger charge is -2.03. The molecule has 8 heteroatoms. The Kier molecular flexibility index (Phi) is 4.19. The summed E-state index contributed by atoms with van der Waals surface area (Å²) in [5, 5.41) is 9.91. The van der Waals surface area contributed by atoms with E-state index < -0.39 is 0 Å². The average molecular weight is 341 g/mol. The number of nitrogens with zero attached hydrogens (tertiary/aromatic N) is 3. The van der Waals surface area contributed by atoms with E-state index in [0.29, 0.717) is 27.4 Å². The molecule has 0 spiro atoms. The van der Waals surface area contributed by atoms with E-state index in [1.807, 2.05) is 6.92 Å². The zero-order valence-corrected chi connectivity index (χ0v) is 13.2. The van der Waals surface area contributed by atoms with E-state index in [1.54, 1.807) is 30.6 Å². The van der Waals surface area contributed by atoms with Crippen molar-refractivity contribution in [2.45, 2.75) is 17.3 Å². The molecule has 3 rings (SSSR count). The number of nitrogens with one attached hydrogen (secondary N) is 1. The minimum absolute atomic E-state index is 0.0246. The summed E-state index contributed by atoms with van der Waals surface area (Å²) < 4.78 is 5.69. The standard InChI is InChI=1S/C13H10Cl2N4OS/c1-7(21-13-16-4-5-17-13)11-18-19-12(20-11)9-3-2-8(14)6-10(9)15/h2-7H,1H3,(H,16,17). The second-order valence-electron chi connectivity index (χ2n) is 4.22. The summed E-state index contributed by atoms with van der Waals surface area (Å²) in [6.07, 6.45) is 3.46. The van der Waals surface area contributed by atoms with Crippen LogP contribution in [-0.4, -0.2) is 20.2 Å². The fraction of sp³-hybridized carbons (Fsp3) is 0.154. The van der Waals surface area contributed by atoms with Crippen molar-refractivity contribution in [3.05, 3.63) is 46.5 Å². The molecular formula is C13H10Cl2N4OS. The van der Waals surface area contributed by atoms with E-state index in [1.165, 1.54) is 11.8 Å². The van der Waals surface area contributed by atoms with Gasteiger partial charge in [0.25, 0.3) is 0 Å². The zero-order chi connectivity index (χ0) is 14.8. The highest BCUT2D eigenvalue weighted by atomic mass is 35.5. The van der Waals surface area contributed by atoms with Crippen LogP contribution in [0.3, 0.4) is 0 Å². The van der Waals surface area contributed by atoms with E-state index in [4.69, 9.17) is 27.6 Å². The van der Waals surface area contributed by atoms with Crippen LogP contribution in [0.1, 0.15) is 18.1 Å². The SMILES string of the molecule is CC(Sc1ncc[nH]1)c1nnc(-c2ccc(Cl)cc2Cl)o1. The maximum atomic E-state index is 6.14. The average Bonchev–Trinajstić information content (AvgIpc) is 3.09. The number of benzene rings is 1. The molecule has 2 aromatic heterocycles. The lowest BCUT2D eigenvalue weighted by Crippen LogP contribution is -1.89. The molecule has 5 nitrogen and oxygen atoms in total. The Morgan fingerprint density at radius 3 is 2.86 bits per heavy atom. The van der Waals surface area contributed by atoms with Gasteiger partial charge in [0.1, 0.15) is 0 Å². The molecule has 21 heavy (non-hydrogen) atoms. The molecule has 0 saturated carbocycles. The van der Waals surface area contributed by atoms with E-state index in [0.717, 1.165) is 5.16 Å². The number of H-pyrrole nitrogens is 1. The first kappa shape index (κ1) is 14.4. The van der Waals surface area contributed by atoms with Gasteiger partial charge in [0, 0.05) is 17.4 Å². The highest BCUT2D eigenvalue weighted by molar-refractivity contribution is 7.99. The number of rotatable bonds is 4. The van der Waals surface area contributed by atoms with Gasteiger partial charge >= 0.3 is 0 Å². The number of thioether (sulfide) groups is 1. The van der Waals surface area contributed by atoms with Gasteiger partial charge in [-0.15, -0.1) is 10.2 Å². The molecule has 0 aliphatic carbocycles. The van der Waals surface area contributed by atoms with Crippen molar-refractivity contribution in [3.8, 4) is 11.5 Å². The molecule has 2 heterocycles. The topological polar surface area (TPSA) is 67.6 Å². The lowest BCUT2D eigenvalue weighted by atomic mass is 10.2. The van der Waals surface area contributed by atoms with Crippen LogP contribution < -0.4 is 0 Å². The molecule has 0 aliphatic rings. The molecule has 1 aromatic carbocycles. The summed E-state index contributed by atoms with van der Waals surface area (Å²) in [4.78, 5) is 7.17. The first-order valence-corrected chi connectivity index (χ1v) is 7.72. The predicted molar refractivity (Wildman–Crippen MR) is 82.6 cm³/mol. The van der Waals surface area contributed by atoms with Gasteiger partial charge in [0.2, 0.25) is 11.8 Å². The van der Waals surface area contributed by atoms with Gasteiger partial charge in [-0.05, 0) is 25.1 Å². The van der Waals surface area contributed by atoms with Crippen molar-refractivity contribution in [2.24, 2.45) is 0 Å². The van der Waals surface area contributed by atoms with E-state index in [9.17, 15) is 0 Å². The summed E-state index contributed by atoms with van der Waals surface area (Å²) in [7, 11) is 0. The van der Waals surface area contributed by atoms with Gasteiger partial charge in [-0.3, -0.25) is 0 Å². The second-order valence-corrected chi connectivity index (χ2v) is 6.40. The number of halogens is 2. The third-order valence-electron chi connectivity index (χ3n) is 2.71. The summed E-state index contributed by atoms with van der Waals surface area (Å²) in [5.41, 5.74) is 0.662. The third kappa shape index (κ3) is 3.23. The molecule has 108 valence electrons. The molecular weight excluding hydrogens is 331 g/mol. The zero-order valence-electron chi connectivity index (χ0n) is 10.9. The van der Waals surface area contributed by atoms with Crippen LogP contribution >= 0.6 is 35.0 Å². The summed E-state index contributed by atoms with van der Waals surface area (Å²) in [5.74, 6) is 0.885. The van der Waals surface area contributed by atoms with Crippen molar-refractivity contribution in [1.82, 2.24) is 20.2 Å². The maximum Gasteiger partial charge on any atom is 0.249 e. The van der Waals surface area contributed by atoms with Crippen LogP contribution in [0.2, 0.25) is 10.0 Å². The number of hydrogen-bond donors (Lipinski definition) is 1. The molecule has 0 amide bonds. The molecule has 1 unspecified atom stereocenters. The number of aromatic amines is 1. The van der Waals surface area contributed by atoms with Gasteiger partial charge in [0.05, 0.1) is 15.8 Å². The molecule has 0 radical (unpaired) electrons. The summed E-state index contributed by atoms with van der Waals surface area (Å²) in [6, 6.07) is 5.13. The monoisotopic (exact) mass is 340 g/mol. The van der Waals surface area contributed by atoms with Crippen LogP contribution in [0.15, 0.2) is 40.2 Å². The van der Waals surface area contributed by atoms with Gasteiger partial charge < -0.3 is 9.40 Å². The van der Waals surface area contributed by atoms with E-state index in [-0.39, 0.29) is 5.25 Å². The minimum atomic E-state index is -0.0246. The van der Waals surface area contributed by atoms with Crippen LogP contribution in [0.25, 0.3) is 11.5 Å². The highest BCUT2D eigenvalue weighted by Crippen LogP contribution is 2.35. The number of aromatic nitrogens is 4. The molecule has 0 aliphatic heterocycles. The molecule has 0 fully saturated rings. The van der Waals surface area contributed by atoms with Crippen LogP contribution in [0.4, 0.5) is 0 Å².